The third kappa shape index (κ3) is 3.26. The van der Waals surface area contributed by atoms with Gasteiger partial charge in [-0.3, -0.25) is 0 Å². The van der Waals surface area contributed by atoms with Crippen molar-refractivity contribution < 1.29 is 0 Å². The maximum Gasteiger partial charge on any atom is 0.0454 e. The lowest BCUT2D eigenvalue weighted by molar-refractivity contribution is 0.603. The minimum atomic E-state index is 0.0555. The second-order valence-electron chi connectivity index (χ2n) is 3.41. The summed E-state index contributed by atoms with van der Waals surface area (Å²) in [6.07, 6.45) is 3.30. The fourth-order valence-electron chi connectivity index (χ4n) is 1.38. The predicted octanol–water partition coefficient (Wildman–Crippen LogP) is 4.29. The Labute approximate surface area is 98.8 Å². The lowest BCUT2D eigenvalue weighted by Crippen LogP contribution is -2.10. The standard InChI is InChI=1S/C11H15BrClN/c1-2-3-4-11(14)9-7-8(12)5-6-10(9)13/h5-7,11H,2-4,14H2,1H3. The lowest BCUT2D eigenvalue weighted by atomic mass is 10.0. The molecule has 0 aromatic heterocycles. The van der Waals surface area contributed by atoms with Crippen LogP contribution >= 0.6 is 27.5 Å². The normalized spacial score (nSPS) is 12.9. The van der Waals surface area contributed by atoms with E-state index in [1.54, 1.807) is 0 Å². The van der Waals surface area contributed by atoms with E-state index in [0.29, 0.717) is 0 Å². The molecule has 1 unspecified atom stereocenters. The van der Waals surface area contributed by atoms with Crippen LogP contribution in [0.4, 0.5) is 0 Å². The summed E-state index contributed by atoms with van der Waals surface area (Å²) in [4.78, 5) is 0. The number of rotatable bonds is 4. The summed E-state index contributed by atoms with van der Waals surface area (Å²) in [5, 5.41) is 0.761. The molecule has 0 saturated carbocycles. The van der Waals surface area contributed by atoms with Crippen LogP contribution in [-0.2, 0) is 0 Å². The molecule has 0 spiro atoms. The molecule has 0 radical (unpaired) electrons. The number of benzene rings is 1. The quantitative estimate of drug-likeness (QED) is 0.872. The Morgan fingerprint density at radius 3 is 2.86 bits per heavy atom. The van der Waals surface area contributed by atoms with Crippen molar-refractivity contribution in [2.75, 3.05) is 0 Å². The van der Waals surface area contributed by atoms with E-state index in [2.05, 4.69) is 22.9 Å². The van der Waals surface area contributed by atoms with Crippen LogP contribution in [-0.4, -0.2) is 0 Å². The van der Waals surface area contributed by atoms with Gasteiger partial charge in [0, 0.05) is 15.5 Å². The highest BCUT2D eigenvalue weighted by atomic mass is 79.9. The van der Waals surface area contributed by atoms with Crippen LogP contribution in [0.3, 0.4) is 0 Å². The van der Waals surface area contributed by atoms with E-state index in [1.165, 1.54) is 6.42 Å². The summed E-state index contributed by atoms with van der Waals surface area (Å²) in [5.41, 5.74) is 7.08. The molecule has 1 aromatic rings. The summed E-state index contributed by atoms with van der Waals surface area (Å²) in [5.74, 6) is 0. The third-order valence-corrected chi connectivity index (χ3v) is 3.06. The van der Waals surface area contributed by atoms with Gasteiger partial charge in [0.1, 0.15) is 0 Å². The first-order valence-corrected chi connectivity index (χ1v) is 6.02. The van der Waals surface area contributed by atoms with Crippen molar-refractivity contribution in [2.24, 2.45) is 5.73 Å². The van der Waals surface area contributed by atoms with Gasteiger partial charge < -0.3 is 5.73 Å². The minimum Gasteiger partial charge on any atom is -0.324 e. The molecule has 78 valence electrons. The highest BCUT2D eigenvalue weighted by Crippen LogP contribution is 2.27. The van der Waals surface area contributed by atoms with Crippen molar-refractivity contribution in [3.63, 3.8) is 0 Å². The van der Waals surface area contributed by atoms with Gasteiger partial charge in [0.25, 0.3) is 0 Å². The first-order chi connectivity index (χ1) is 6.65. The van der Waals surface area contributed by atoms with Crippen molar-refractivity contribution >= 4 is 27.5 Å². The van der Waals surface area contributed by atoms with E-state index < -0.39 is 0 Å². The summed E-state index contributed by atoms with van der Waals surface area (Å²) >= 11 is 9.49. The molecule has 14 heavy (non-hydrogen) atoms. The smallest absolute Gasteiger partial charge is 0.0454 e. The van der Waals surface area contributed by atoms with Crippen LogP contribution in [0, 0.1) is 0 Å². The molecule has 0 bridgehead atoms. The van der Waals surface area contributed by atoms with Gasteiger partial charge in [0.15, 0.2) is 0 Å². The molecular formula is C11H15BrClN. The van der Waals surface area contributed by atoms with Gasteiger partial charge in [-0.15, -0.1) is 0 Å². The van der Waals surface area contributed by atoms with Crippen LogP contribution in [0.2, 0.25) is 5.02 Å². The number of nitrogens with two attached hydrogens (primary N) is 1. The van der Waals surface area contributed by atoms with E-state index in [4.69, 9.17) is 17.3 Å². The number of hydrogen-bond acceptors (Lipinski definition) is 1. The highest BCUT2D eigenvalue weighted by molar-refractivity contribution is 9.10. The molecule has 0 aliphatic rings. The molecule has 0 aliphatic heterocycles. The Morgan fingerprint density at radius 1 is 1.50 bits per heavy atom. The minimum absolute atomic E-state index is 0.0555. The Hall–Kier alpha value is -0.0500. The molecule has 0 saturated heterocycles. The summed E-state index contributed by atoms with van der Waals surface area (Å²) < 4.78 is 1.03. The fourth-order valence-corrected chi connectivity index (χ4v) is 2.01. The van der Waals surface area contributed by atoms with Gasteiger partial charge in [-0.05, 0) is 30.2 Å². The maximum absolute atomic E-state index is 6.07. The van der Waals surface area contributed by atoms with E-state index in [-0.39, 0.29) is 6.04 Å². The summed E-state index contributed by atoms with van der Waals surface area (Å²) in [6, 6.07) is 5.87. The molecule has 1 rings (SSSR count). The van der Waals surface area contributed by atoms with Crippen molar-refractivity contribution in [3.05, 3.63) is 33.3 Å². The zero-order valence-corrected chi connectivity index (χ0v) is 10.6. The van der Waals surface area contributed by atoms with Gasteiger partial charge in [-0.25, -0.2) is 0 Å². The SMILES string of the molecule is CCCCC(N)c1cc(Br)ccc1Cl. The molecular weight excluding hydrogens is 261 g/mol. The Bertz CT molecular complexity index is 301. The molecule has 1 nitrogen and oxygen atoms in total. The van der Waals surface area contributed by atoms with Crippen molar-refractivity contribution in [1.29, 1.82) is 0 Å². The van der Waals surface area contributed by atoms with E-state index in [9.17, 15) is 0 Å². The molecule has 0 fully saturated rings. The van der Waals surface area contributed by atoms with Crippen molar-refractivity contribution in [3.8, 4) is 0 Å². The van der Waals surface area contributed by atoms with Crippen LogP contribution in [0.15, 0.2) is 22.7 Å². The lowest BCUT2D eigenvalue weighted by Gasteiger charge is -2.13. The van der Waals surface area contributed by atoms with Gasteiger partial charge in [0.2, 0.25) is 0 Å². The first-order valence-electron chi connectivity index (χ1n) is 4.85. The van der Waals surface area contributed by atoms with E-state index in [1.807, 2.05) is 18.2 Å². The van der Waals surface area contributed by atoms with Crippen molar-refractivity contribution in [1.82, 2.24) is 0 Å². The summed E-state index contributed by atoms with van der Waals surface area (Å²) in [6.45, 7) is 2.16. The molecule has 0 amide bonds. The molecule has 2 N–H and O–H groups in total. The third-order valence-electron chi connectivity index (χ3n) is 2.23. The topological polar surface area (TPSA) is 26.0 Å². The zero-order valence-electron chi connectivity index (χ0n) is 8.26. The molecule has 3 heteroatoms. The van der Waals surface area contributed by atoms with Crippen LogP contribution in [0.5, 0.6) is 0 Å². The van der Waals surface area contributed by atoms with Crippen LogP contribution < -0.4 is 5.73 Å². The largest absolute Gasteiger partial charge is 0.324 e. The van der Waals surface area contributed by atoms with Crippen molar-refractivity contribution in [2.45, 2.75) is 32.2 Å². The second-order valence-corrected chi connectivity index (χ2v) is 4.74. The average Bonchev–Trinajstić information content (AvgIpc) is 2.18. The Morgan fingerprint density at radius 2 is 2.21 bits per heavy atom. The Kier molecular flexibility index (Phi) is 4.93. The fraction of sp³-hybridized carbons (Fsp3) is 0.455. The molecule has 1 aromatic carbocycles. The molecule has 1 atom stereocenters. The van der Waals surface area contributed by atoms with Gasteiger partial charge >= 0.3 is 0 Å². The molecule has 0 aliphatic carbocycles. The molecule has 0 heterocycles. The summed E-state index contributed by atoms with van der Waals surface area (Å²) in [7, 11) is 0. The number of halogens is 2. The van der Waals surface area contributed by atoms with Crippen LogP contribution in [0.1, 0.15) is 37.8 Å². The Balaban J connectivity index is 2.77. The van der Waals surface area contributed by atoms with Gasteiger partial charge in [-0.2, -0.15) is 0 Å². The van der Waals surface area contributed by atoms with Crippen LogP contribution in [0.25, 0.3) is 0 Å². The van der Waals surface area contributed by atoms with Gasteiger partial charge in [-0.1, -0.05) is 47.3 Å². The number of hydrogen-bond donors (Lipinski definition) is 1. The zero-order chi connectivity index (χ0) is 10.6. The first kappa shape index (κ1) is 12.0. The second kappa shape index (κ2) is 5.74. The van der Waals surface area contributed by atoms with E-state index >= 15 is 0 Å². The van der Waals surface area contributed by atoms with E-state index in [0.717, 1.165) is 27.9 Å². The predicted molar refractivity (Wildman–Crippen MR) is 65.6 cm³/mol. The number of unbranched alkanes of at least 4 members (excludes halogenated alkanes) is 1. The van der Waals surface area contributed by atoms with Gasteiger partial charge in [0.05, 0.1) is 0 Å². The average molecular weight is 277 g/mol. The monoisotopic (exact) mass is 275 g/mol. The maximum atomic E-state index is 6.07. The highest BCUT2D eigenvalue weighted by Gasteiger charge is 2.09.